The number of carbonyl (C=O) groups is 2. The number of pyridine rings is 1. The second-order valence-corrected chi connectivity index (χ2v) is 8.16. The lowest BCUT2D eigenvalue weighted by Crippen LogP contribution is -2.50. The van der Waals surface area contributed by atoms with Crippen LogP contribution in [0.4, 0.5) is 19.0 Å². The number of likely N-dealkylation sites (tertiary alicyclic amines) is 1. The van der Waals surface area contributed by atoms with E-state index in [1.807, 2.05) is 4.90 Å². The number of aromatic nitrogens is 1. The normalized spacial score (nSPS) is 15.6. The van der Waals surface area contributed by atoms with Crippen LogP contribution >= 0.6 is 0 Å². The Morgan fingerprint density at radius 1 is 1.03 bits per heavy atom. The molecule has 1 aromatic heterocycles. The summed E-state index contributed by atoms with van der Waals surface area (Å²) in [7, 11) is 0. The molecule has 10 heteroatoms. The summed E-state index contributed by atoms with van der Waals surface area (Å²) < 4.78 is 38.6. The van der Waals surface area contributed by atoms with Gasteiger partial charge in [0.2, 0.25) is 11.8 Å². The van der Waals surface area contributed by atoms with E-state index in [0.29, 0.717) is 11.4 Å². The Hall–Kier alpha value is -3.14. The van der Waals surface area contributed by atoms with Crippen molar-refractivity contribution < 1.29 is 22.8 Å². The minimum absolute atomic E-state index is 0.0652. The van der Waals surface area contributed by atoms with E-state index < -0.39 is 23.7 Å². The van der Waals surface area contributed by atoms with Crippen LogP contribution in [0.25, 0.3) is 0 Å². The molecule has 1 aromatic carbocycles. The summed E-state index contributed by atoms with van der Waals surface area (Å²) in [6.07, 6.45) is 0.351. The molecule has 4 N–H and O–H groups in total. The summed E-state index contributed by atoms with van der Waals surface area (Å²) in [5, 5.41) is 5.51. The number of nitrogens with two attached hydrogens (primary N) is 1. The van der Waals surface area contributed by atoms with E-state index in [4.69, 9.17) is 5.73 Å². The number of nitrogen functional groups attached to an aromatic ring is 1. The van der Waals surface area contributed by atoms with E-state index in [1.54, 1.807) is 12.1 Å². The number of piperidine rings is 1. The number of hydrogen-bond donors (Lipinski definition) is 3. The van der Waals surface area contributed by atoms with Gasteiger partial charge >= 0.3 is 6.18 Å². The Morgan fingerprint density at radius 3 is 2.30 bits per heavy atom. The van der Waals surface area contributed by atoms with Crippen LogP contribution in [0.3, 0.4) is 0 Å². The van der Waals surface area contributed by atoms with Gasteiger partial charge in [0.15, 0.2) is 0 Å². The lowest BCUT2D eigenvalue weighted by Gasteiger charge is -2.27. The molecule has 1 aliphatic heterocycles. The molecule has 0 bridgehead atoms. The summed E-state index contributed by atoms with van der Waals surface area (Å²) >= 11 is 0. The molecule has 1 atom stereocenters. The van der Waals surface area contributed by atoms with Crippen LogP contribution in [-0.4, -0.2) is 47.4 Å². The monoisotopic (exact) mass is 463 g/mol. The van der Waals surface area contributed by atoms with Crippen LogP contribution in [0.2, 0.25) is 0 Å². The molecule has 1 aliphatic rings. The molecule has 0 aliphatic carbocycles. The van der Waals surface area contributed by atoms with E-state index in [-0.39, 0.29) is 25.4 Å². The molecule has 0 saturated carbocycles. The summed E-state index contributed by atoms with van der Waals surface area (Å²) in [5.74, 6) is -0.368. The molecule has 1 saturated heterocycles. The third kappa shape index (κ3) is 7.74. The van der Waals surface area contributed by atoms with Crippen LogP contribution in [0.5, 0.6) is 0 Å². The van der Waals surface area contributed by atoms with Gasteiger partial charge in [0.1, 0.15) is 11.9 Å². The minimum atomic E-state index is -4.44. The number of nitrogens with one attached hydrogen (secondary N) is 2. The van der Waals surface area contributed by atoms with Crippen molar-refractivity contribution in [3.05, 3.63) is 59.3 Å². The van der Waals surface area contributed by atoms with Crippen LogP contribution in [0.1, 0.15) is 36.0 Å². The van der Waals surface area contributed by atoms with Gasteiger partial charge in [0.25, 0.3) is 0 Å². The number of amides is 2. The van der Waals surface area contributed by atoms with E-state index in [1.165, 1.54) is 18.3 Å². The maximum Gasteiger partial charge on any atom is 0.416 e. The van der Waals surface area contributed by atoms with Crippen molar-refractivity contribution >= 4 is 17.6 Å². The number of nitrogens with zero attached hydrogens (tertiary/aromatic N) is 2. The highest BCUT2D eigenvalue weighted by atomic mass is 19.4. The molecule has 0 radical (unpaired) electrons. The molecule has 1 fully saturated rings. The zero-order valence-electron chi connectivity index (χ0n) is 18.2. The predicted molar refractivity (Wildman–Crippen MR) is 118 cm³/mol. The van der Waals surface area contributed by atoms with Crippen molar-refractivity contribution in [3.63, 3.8) is 0 Å². The average molecular weight is 464 g/mol. The summed E-state index contributed by atoms with van der Waals surface area (Å²) in [4.78, 5) is 31.5. The molecule has 7 nitrogen and oxygen atoms in total. The molecule has 0 unspecified atom stereocenters. The van der Waals surface area contributed by atoms with Gasteiger partial charge in [-0.25, -0.2) is 4.98 Å². The largest absolute Gasteiger partial charge is 0.416 e. The van der Waals surface area contributed by atoms with Gasteiger partial charge in [-0.2, -0.15) is 13.2 Å². The zero-order valence-corrected chi connectivity index (χ0v) is 18.2. The van der Waals surface area contributed by atoms with E-state index >= 15 is 0 Å². The number of hydrogen-bond acceptors (Lipinski definition) is 5. The quantitative estimate of drug-likeness (QED) is 0.559. The SMILES string of the molecule is Nc1ccc(CNC(=O)[C@H](Cc2ccc(C(F)(F)F)cc2)NC(=O)CN2CCCCC2)cn1. The van der Waals surface area contributed by atoms with Crippen LogP contribution in [-0.2, 0) is 28.7 Å². The molecular formula is C23H28F3N5O2. The van der Waals surface area contributed by atoms with E-state index in [2.05, 4.69) is 15.6 Å². The molecule has 33 heavy (non-hydrogen) atoms. The Bertz CT molecular complexity index is 927. The van der Waals surface area contributed by atoms with Crippen LogP contribution in [0.15, 0.2) is 42.6 Å². The van der Waals surface area contributed by atoms with Gasteiger partial charge < -0.3 is 16.4 Å². The standard InChI is InChI=1S/C23H28F3N5O2/c24-23(25,26)18-7-4-16(5-8-18)12-19(30-21(32)15-31-10-2-1-3-11-31)22(33)29-14-17-6-9-20(27)28-13-17/h4-9,13,19H,1-3,10-12,14-15H2,(H2,27,28)(H,29,33)(H,30,32)/t19-/m0/s1. The summed E-state index contributed by atoms with van der Waals surface area (Å²) in [6.45, 7) is 2.01. The molecule has 3 rings (SSSR count). The molecule has 2 aromatic rings. The minimum Gasteiger partial charge on any atom is -0.384 e. The van der Waals surface area contributed by atoms with Crippen molar-refractivity contribution in [3.8, 4) is 0 Å². The first-order valence-corrected chi connectivity index (χ1v) is 10.9. The third-order valence-electron chi connectivity index (χ3n) is 5.50. The van der Waals surface area contributed by atoms with Gasteiger partial charge in [0.05, 0.1) is 12.1 Å². The number of benzene rings is 1. The fraction of sp³-hybridized carbons (Fsp3) is 0.435. The second kappa shape index (κ2) is 11.1. The van der Waals surface area contributed by atoms with Crippen molar-refractivity contribution in [2.75, 3.05) is 25.4 Å². The first-order chi connectivity index (χ1) is 15.7. The number of alkyl halides is 3. The molecule has 178 valence electrons. The average Bonchev–Trinajstić information content (AvgIpc) is 2.78. The maximum atomic E-state index is 12.9. The lowest BCUT2D eigenvalue weighted by molar-refractivity contribution is -0.137. The highest BCUT2D eigenvalue weighted by Crippen LogP contribution is 2.29. The Balaban J connectivity index is 1.66. The van der Waals surface area contributed by atoms with Crippen molar-refractivity contribution in [1.29, 1.82) is 0 Å². The van der Waals surface area contributed by atoms with Crippen molar-refractivity contribution in [1.82, 2.24) is 20.5 Å². The molecule has 2 heterocycles. The lowest BCUT2D eigenvalue weighted by atomic mass is 10.0. The van der Waals surface area contributed by atoms with Crippen molar-refractivity contribution in [2.24, 2.45) is 0 Å². The topological polar surface area (TPSA) is 100 Å². The molecule has 0 spiro atoms. The molecule has 2 amide bonds. The summed E-state index contributed by atoms with van der Waals surface area (Å²) in [6, 6.07) is 7.00. The van der Waals surface area contributed by atoms with Gasteiger partial charge in [0, 0.05) is 19.2 Å². The number of rotatable bonds is 8. The Kier molecular flexibility index (Phi) is 8.26. The van der Waals surface area contributed by atoms with Gasteiger partial charge in [-0.1, -0.05) is 24.6 Å². The van der Waals surface area contributed by atoms with Crippen LogP contribution in [0, 0.1) is 0 Å². The highest BCUT2D eigenvalue weighted by molar-refractivity contribution is 5.88. The van der Waals surface area contributed by atoms with E-state index in [9.17, 15) is 22.8 Å². The van der Waals surface area contributed by atoms with Crippen LogP contribution < -0.4 is 16.4 Å². The van der Waals surface area contributed by atoms with E-state index in [0.717, 1.165) is 50.0 Å². The first-order valence-electron chi connectivity index (χ1n) is 10.9. The Labute approximate surface area is 190 Å². The first kappa shape index (κ1) is 24.5. The van der Waals surface area contributed by atoms with Gasteiger partial charge in [-0.15, -0.1) is 0 Å². The fourth-order valence-corrected chi connectivity index (χ4v) is 3.69. The number of halogens is 3. The highest BCUT2D eigenvalue weighted by Gasteiger charge is 2.30. The summed E-state index contributed by atoms with van der Waals surface area (Å²) in [5.41, 5.74) is 6.04. The Morgan fingerprint density at radius 2 is 1.70 bits per heavy atom. The molecular weight excluding hydrogens is 435 g/mol. The second-order valence-electron chi connectivity index (χ2n) is 8.16. The fourth-order valence-electron chi connectivity index (χ4n) is 3.69. The zero-order chi connectivity index (χ0) is 23.8. The van der Waals surface area contributed by atoms with Crippen molar-refractivity contribution in [2.45, 2.75) is 44.4 Å². The maximum absolute atomic E-state index is 12.9. The van der Waals surface area contributed by atoms with Gasteiger partial charge in [-0.3, -0.25) is 14.5 Å². The number of anilines is 1. The smallest absolute Gasteiger partial charge is 0.384 e. The predicted octanol–water partition coefficient (Wildman–Crippen LogP) is 2.51. The third-order valence-corrected chi connectivity index (χ3v) is 5.50. The number of carbonyl (C=O) groups excluding carboxylic acids is 2. The van der Waals surface area contributed by atoms with Gasteiger partial charge in [-0.05, 0) is 55.3 Å².